The summed E-state index contributed by atoms with van der Waals surface area (Å²) in [7, 11) is 0. The molecule has 0 spiro atoms. The Kier molecular flexibility index (Phi) is 3.64. The summed E-state index contributed by atoms with van der Waals surface area (Å²) in [5, 5.41) is 11.4. The lowest BCUT2D eigenvalue weighted by Crippen LogP contribution is -2.29. The molecule has 0 saturated heterocycles. The summed E-state index contributed by atoms with van der Waals surface area (Å²) in [5.41, 5.74) is 6.83. The normalized spacial score (nSPS) is 25.5. The third kappa shape index (κ3) is 2.41. The topological polar surface area (TPSA) is 76.1 Å². The molecule has 1 aliphatic carbocycles. The number of thiophene rings is 1. The molecule has 2 N–H and O–H groups in total. The molecule has 4 nitrogen and oxygen atoms in total. The minimum Gasteiger partial charge on any atom is -0.444 e. The number of rotatable bonds is 1. The van der Waals surface area contributed by atoms with E-state index in [0.29, 0.717) is 29.7 Å². The van der Waals surface area contributed by atoms with Crippen LogP contribution in [0.3, 0.4) is 0 Å². The summed E-state index contributed by atoms with van der Waals surface area (Å²) < 4.78 is 6.51. The number of halogens is 1. The second-order valence-electron chi connectivity index (χ2n) is 5.37. The Morgan fingerprint density at radius 1 is 1.52 bits per heavy atom. The number of nitrogens with two attached hydrogens (primary N) is 1. The molecule has 2 atom stereocenters. The van der Waals surface area contributed by atoms with Crippen LogP contribution in [0.25, 0.3) is 0 Å². The molecule has 0 unspecified atom stereocenters. The number of hydrogen-bond donors (Lipinski definition) is 1. The molecule has 21 heavy (non-hydrogen) atoms. The molecule has 0 radical (unpaired) electrons. The van der Waals surface area contributed by atoms with Gasteiger partial charge in [0, 0.05) is 33.1 Å². The van der Waals surface area contributed by atoms with Gasteiger partial charge in [-0.3, -0.25) is 4.79 Å². The van der Waals surface area contributed by atoms with Gasteiger partial charge in [0.2, 0.25) is 5.88 Å². The SMILES string of the molecule is C[C@H]1CC(=O)C2=C(C1)OC(N)=C(C#N)[C@@H]2c1cc(Br)cs1. The van der Waals surface area contributed by atoms with Crippen LogP contribution in [-0.2, 0) is 9.53 Å². The van der Waals surface area contributed by atoms with Crippen LogP contribution < -0.4 is 5.73 Å². The number of ketones is 1. The monoisotopic (exact) mass is 364 g/mol. The van der Waals surface area contributed by atoms with Crippen LogP contribution in [0, 0.1) is 17.2 Å². The quantitative estimate of drug-likeness (QED) is 0.826. The van der Waals surface area contributed by atoms with Gasteiger partial charge in [0.1, 0.15) is 17.4 Å². The lowest BCUT2D eigenvalue weighted by molar-refractivity contribution is -0.117. The average Bonchev–Trinajstić information content (AvgIpc) is 2.83. The molecule has 0 saturated carbocycles. The van der Waals surface area contributed by atoms with Crippen LogP contribution in [0.15, 0.2) is 38.7 Å². The van der Waals surface area contributed by atoms with Gasteiger partial charge in [-0.1, -0.05) is 6.92 Å². The lowest BCUT2D eigenvalue weighted by Gasteiger charge is -2.32. The van der Waals surface area contributed by atoms with Crippen molar-refractivity contribution in [2.75, 3.05) is 0 Å². The van der Waals surface area contributed by atoms with Gasteiger partial charge < -0.3 is 10.5 Å². The van der Waals surface area contributed by atoms with Gasteiger partial charge in [0.05, 0.1) is 5.92 Å². The van der Waals surface area contributed by atoms with Gasteiger partial charge in [0.25, 0.3) is 0 Å². The van der Waals surface area contributed by atoms with Crippen LogP contribution >= 0.6 is 27.3 Å². The first-order valence-electron chi connectivity index (χ1n) is 6.59. The predicted molar refractivity (Wildman–Crippen MR) is 83.1 cm³/mol. The average molecular weight is 365 g/mol. The van der Waals surface area contributed by atoms with E-state index in [4.69, 9.17) is 10.5 Å². The molecule has 2 aliphatic rings. The van der Waals surface area contributed by atoms with E-state index in [1.54, 1.807) is 0 Å². The first-order valence-corrected chi connectivity index (χ1v) is 8.26. The Hall–Kier alpha value is -1.58. The molecule has 1 aromatic rings. The number of Topliss-reactive ketones (excluding diaryl/α,β-unsaturated/α-hetero) is 1. The van der Waals surface area contributed by atoms with Crippen molar-refractivity contribution >= 4 is 33.0 Å². The molecule has 1 aromatic heterocycles. The Labute approximate surface area is 135 Å². The summed E-state index contributed by atoms with van der Waals surface area (Å²) in [6.07, 6.45) is 1.17. The van der Waals surface area contributed by atoms with Crippen molar-refractivity contribution in [1.29, 1.82) is 5.26 Å². The van der Waals surface area contributed by atoms with E-state index in [-0.39, 0.29) is 17.6 Å². The third-order valence-corrected chi connectivity index (χ3v) is 5.50. The standard InChI is InChI=1S/C15H13BrN2O2S/c1-7-2-10(19)14-11(3-7)20-15(18)9(5-17)13(14)12-4-8(16)6-21-12/h4,6-7,13H,2-3,18H2,1H3/t7-,13+/m0/s1. The van der Waals surface area contributed by atoms with E-state index in [1.807, 2.05) is 18.4 Å². The zero-order valence-electron chi connectivity index (χ0n) is 11.4. The molecule has 0 bridgehead atoms. The minimum absolute atomic E-state index is 0.0542. The van der Waals surface area contributed by atoms with Crippen molar-refractivity contribution in [3.63, 3.8) is 0 Å². The van der Waals surface area contributed by atoms with E-state index in [2.05, 4.69) is 22.0 Å². The molecule has 0 fully saturated rings. The van der Waals surface area contributed by atoms with Gasteiger partial charge >= 0.3 is 0 Å². The maximum atomic E-state index is 12.5. The molecule has 3 rings (SSSR count). The highest BCUT2D eigenvalue weighted by Gasteiger charge is 2.40. The largest absolute Gasteiger partial charge is 0.444 e. The summed E-state index contributed by atoms with van der Waals surface area (Å²) in [5.74, 6) is 0.648. The zero-order valence-corrected chi connectivity index (χ0v) is 13.8. The highest BCUT2D eigenvalue weighted by Crippen LogP contribution is 2.46. The summed E-state index contributed by atoms with van der Waals surface area (Å²) in [4.78, 5) is 13.4. The highest BCUT2D eigenvalue weighted by atomic mass is 79.9. The number of nitrogens with zero attached hydrogens (tertiary/aromatic N) is 1. The maximum absolute atomic E-state index is 12.5. The van der Waals surface area contributed by atoms with Gasteiger partial charge in [-0.25, -0.2) is 0 Å². The van der Waals surface area contributed by atoms with Gasteiger partial charge in [-0.05, 0) is 27.9 Å². The van der Waals surface area contributed by atoms with E-state index in [0.717, 1.165) is 9.35 Å². The Balaban J connectivity index is 2.17. The van der Waals surface area contributed by atoms with Crippen LogP contribution in [0.1, 0.15) is 30.6 Å². The molecular formula is C15H13BrN2O2S. The second kappa shape index (κ2) is 5.32. The van der Waals surface area contributed by atoms with Crippen molar-refractivity contribution in [2.45, 2.75) is 25.7 Å². The smallest absolute Gasteiger partial charge is 0.205 e. The number of carbonyl (C=O) groups excluding carboxylic acids is 1. The van der Waals surface area contributed by atoms with E-state index in [9.17, 15) is 10.1 Å². The van der Waals surface area contributed by atoms with Crippen LogP contribution in [0.2, 0.25) is 0 Å². The number of carbonyl (C=O) groups is 1. The second-order valence-corrected chi connectivity index (χ2v) is 7.22. The van der Waals surface area contributed by atoms with Gasteiger partial charge in [-0.15, -0.1) is 11.3 Å². The van der Waals surface area contributed by atoms with Crippen molar-refractivity contribution in [1.82, 2.24) is 0 Å². The Bertz CT molecular complexity index is 726. The first kappa shape index (κ1) is 14.4. The number of hydrogen-bond acceptors (Lipinski definition) is 5. The highest BCUT2D eigenvalue weighted by molar-refractivity contribution is 9.10. The lowest BCUT2D eigenvalue weighted by atomic mass is 9.78. The molecule has 6 heteroatoms. The maximum Gasteiger partial charge on any atom is 0.205 e. The fraction of sp³-hybridized carbons (Fsp3) is 0.333. The van der Waals surface area contributed by atoms with Crippen LogP contribution in [-0.4, -0.2) is 5.78 Å². The summed E-state index contributed by atoms with van der Waals surface area (Å²) in [6, 6.07) is 4.04. The number of allylic oxidation sites excluding steroid dienone is 3. The van der Waals surface area contributed by atoms with Crippen LogP contribution in [0.5, 0.6) is 0 Å². The third-order valence-electron chi connectivity index (χ3n) is 3.74. The van der Waals surface area contributed by atoms with Crippen molar-refractivity contribution in [2.24, 2.45) is 11.7 Å². The first-order chi connectivity index (χ1) is 10.0. The number of nitriles is 1. The molecule has 1 aliphatic heterocycles. The molecule has 108 valence electrons. The predicted octanol–water partition coefficient (Wildman–Crippen LogP) is 3.57. The van der Waals surface area contributed by atoms with Crippen molar-refractivity contribution < 1.29 is 9.53 Å². The van der Waals surface area contributed by atoms with E-state index >= 15 is 0 Å². The Morgan fingerprint density at radius 2 is 2.29 bits per heavy atom. The summed E-state index contributed by atoms with van der Waals surface area (Å²) >= 11 is 4.92. The zero-order chi connectivity index (χ0) is 15.1. The Morgan fingerprint density at radius 3 is 2.90 bits per heavy atom. The van der Waals surface area contributed by atoms with E-state index in [1.165, 1.54) is 11.3 Å². The minimum atomic E-state index is -0.393. The molecular weight excluding hydrogens is 352 g/mol. The molecule has 0 amide bonds. The van der Waals surface area contributed by atoms with Gasteiger partial charge in [-0.2, -0.15) is 5.26 Å². The molecule has 2 heterocycles. The fourth-order valence-electron chi connectivity index (χ4n) is 2.86. The van der Waals surface area contributed by atoms with Crippen LogP contribution in [0.4, 0.5) is 0 Å². The number of ether oxygens (including phenoxy) is 1. The fourth-order valence-corrected chi connectivity index (χ4v) is 4.42. The van der Waals surface area contributed by atoms with Crippen molar-refractivity contribution in [3.05, 3.63) is 43.6 Å². The van der Waals surface area contributed by atoms with Crippen molar-refractivity contribution in [3.8, 4) is 6.07 Å². The summed E-state index contributed by atoms with van der Waals surface area (Å²) in [6.45, 7) is 2.02. The molecule has 0 aromatic carbocycles. The van der Waals surface area contributed by atoms with Gasteiger partial charge in [0.15, 0.2) is 5.78 Å². The van der Waals surface area contributed by atoms with E-state index < -0.39 is 5.92 Å².